The van der Waals surface area contributed by atoms with E-state index in [1.807, 2.05) is 0 Å². The van der Waals surface area contributed by atoms with E-state index in [0.717, 1.165) is 5.01 Å². The molecule has 0 radical (unpaired) electrons. The molecule has 2 heterocycles. The molecule has 0 bridgehead atoms. The molecule has 1 atom stereocenters. The van der Waals surface area contributed by atoms with E-state index in [9.17, 15) is 9.59 Å². The van der Waals surface area contributed by atoms with Gasteiger partial charge < -0.3 is 19.5 Å². The number of esters is 1. The summed E-state index contributed by atoms with van der Waals surface area (Å²) in [7, 11) is 0. The molecule has 0 fully saturated rings. The van der Waals surface area contributed by atoms with E-state index in [2.05, 4.69) is 5.32 Å². The van der Waals surface area contributed by atoms with Crippen molar-refractivity contribution in [1.29, 1.82) is 0 Å². The molecule has 0 unspecified atom stereocenters. The monoisotopic (exact) mass is 319 g/mol. The highest BCUT2D eigenvalue weighted by Crippen LogP contribution is 2.37. The summed E-state index contributed by atoms with van der Waals surface area (Å²) < 4.78 is 15.7. The number of nitrogens with two attached hydrogens (primary N) is 1. The zero-order valence-electron chi connectivity index (χ0n) is 12.8. The van der Waals surface area contributed by atoms with Crippen LogP contribution >= 0.6 is 0 Å². The summed E-state index contributed by atoms with van der Waals surface area (Å²) in [6, 6.07) is 4.05. The number of allylic oxidation sites excluding steroid dienone is 1. The summed E-state index contributed by atoms with van der Waals surface area (Å²) in [5.41, 5.74) is 1.31. The minimum atomic E-state index is -0.671. The van der Waals surface area contributed by atoms with Gasteiger partial charge in [0, 0.05) is 5.70 Å². The van der Waals surface area contributed by atoms with Crippen molar-refractivity contribution in [2.24, 2.45) is 5.84 Å². The first-order chi connectivity index (χ1) is 11.0. The molecule has 3 N–H and O–H groups in total. The average molecular weight is 319 g/mol. The molecule has 2 amide bonds. The first kappa shape index (κ1) is 15.2. The van der Waals surface area contributed by atoms with Crippen LogP contribution in [0.5, 0.6) is 11.5 Å². The van der Waals surface area contributed by atoms with Crippen LogP contribution in [-0.4, -0.2) is 30.4 Å². The van der Waals surface area contributed by atoms with Crippen LogP contribution in [0.1, 0.15) is 25.5 Å². The lowest BCUT2D eigenvalue weighted by molar-refractivity contribution is -0.139. The Morgan fingerprint density at radius 2 is 2.17 bits per heavy atom. The molecule has 8 heteroatoms. The normalized spacial score (nSPS) is 19.7. The van der Waals surface area contributed by atoms with Crippen LogP contribution in [0.4, 0.5) is 4.79 Å². The van der Waals surface area contributed by atoms with Gasteiger partial charge in [0.15, 0.2) is 11.5 Å². The van der Waals surface area contributed by atoms with E-state index in [4.69, 9.17) is 20.1 Å². The Kier molecular flexibility index (Phi) is 3.83. The van der Waals surface area contributed by atoms with Crippen LogP contribution in [-0.2, 0) is 9.53 Å². The Balaban J connectivity index is 2.04. The predicted octanol–water partition coefficient (Wildman–Crippen LogP) is 1.19. The van der Waals surface area contributed by atoms with Gasteiger partial charge in [-0.1, -0.05) is 6.07 Å². The van der Waals surface area contributed by atoms with Crippen LogP contribution < -0.4 is 20.6 Å². The molecule has 23 heavy (non-hydrogen) atoms. The molecule has 8 nitrogen and oxygen atoms in total. The lowest BCUT2D eigenvalue weighted by Gasteiger charge is -2.32. The zero-order chi connectivity index (χ0) is 16.6. The third-order valence-corrected chi connectivity index (χ3v) is 3.75. The molecule has 122 valence electrons. The number of hydrogen-bond donors (Lipinski definition) is 2. The minimum absolute atomic E-state index is 0.145. The Morgan fingerprint density at radius 3 is 2.91 bits per heavy atom. The Bertz CT molecular complexity index is 700. The van der Waals surface area contributed by atoms with Crippen LogP contribution in [0.15, 0.2) is 29.5 Å². The standard InChI is InChI=1S/C15H17N3O5/c1-3-21-14(19)12-8(2)18(16)15(20)17-13(12)9-4-5-10-11(6-9)23-7-22-10/h4-6,13H,3,7,16H2,1-2H3,(H,17,20)/t13-/m1/s1. The van der Waals surface area contributed by atoms with E-state index in [1.165, 1.54) is 0 Å². The molecule has 0 aliphatic carbocycles. The van der Waals surface area contributed by atoms with E-state index in [-0.39, 0.29) is 19.0 Å². The molecule has 3 rings (SSSR count). The van der Waals surface area contributed by atoms with Gasteiger partial charge in [-0.3, -0.25) is 0 Å². The number of fused-ring (bicyclic) bond motifs is 1. The van der Waals surface area contributed by atoms with Crippen LogP contribution in [0, 0.1) is 0 Å². The Morgan fingerprint density at radius 1 is 1.43 bits per heavy atom. The maximum absolute atomic E-state index is 12.3. The Hall–Kier alpha value is -2.74. The molecule has 0 saturated heterocycles. The van der Waals surface area contributed by atoms with E-state index in [0.29, 0.717) is 22.8 Å². The van der Waals surface area contributed by atoms with Gasteiger partial charge in [-0.15, -0.1) is 0 Å². The maximum atomic E-state index is 12.3. The molecule has 1 aromatic carbocycles. The fourth-order valence-corrected chi connectivity index (χ4v) is 2.57. The number of nitrogens with zero attached hydrogens (tertiary/aromatic N) is 1. The fraction of sp³-hybridized carbons (Fsp3) is 0.333. The van der Waals surface area contributed by atoms with Crippen molar-refractivity contribution in [2.45, 2.75) is 19.9 Å². The second kappa shape index (κ2) is 5.81. The van der Waals surface area contributed by atoms with Gasteiger partial charge in [-0.2, -0.15) is 0 Å². The van der Waals surface area contributed by atoms with Crippen molar-refractivity contribution in [1.82, 2.24) is 10.3 Å². The number of amides is 2. The third kappa shape index (κ3) is 2.57. The fourth-order valence-electron chi connectivity index (χ4n) is 2.57. The van der Waals surface area contributed by atoms with Crippen LogP contribution in [0.3, 0.4) is 0 Å². The molecule has 0 saturated carbocycles. The maximum Gasteiger partial charge on any atom is 0.338 e. The van der Waals surface area contributed by atoms with Crippen molar-refractivity contribution < 1.29 is 23.8 Å². The topological polar surface area (TPSA) is 103 Å². The van der Waals surface area contributed by atoms with Gasteiger partial charge >= 0.3 is 12.0 Å². The second-order valence-corrected chi connectivity index (χ2v) is 5.08. The highest BCUT2D eigenvalue weighted by molar-refractivity contribution is 5.94. The number of urea groups is 1. The summed E-state index contributed by atoms with van der Waals surface area (Å²) in [6.07, 6.45) is 0. The first-order valence-electron chi connectivity index (χ1n) is 7.15. The van der Waals surface area contributed by atoms with Crippen molar-refractivity contribution >= 4 is 12.0 Å². The molecular formula is C15H17N3O5. The lowest BCUT2D eigenvalue weighted by Crippen LogP contribution is -2.51. The number of nitrogens with one attached hydrogen (secondary N) is 1. The van der Waals surface area contributed by atoms with Gasteiger partial charge in [0.25, 0.3) is 0 Å². The largest absolute Gasteiger partial charge is 0.463 e. The molecule has 2 aliphatic rings. The summed E-state index contributed by atoms with van der Waals surface area (Å²) in [5, 5.41) is 3.60. The summed E-state index contributed by atoms with van der Waals surface area (Å²) >= 11 is 0. The first-order valence-corrected chi connectivity index (χ1v) is 7.15. The lowest BCUT2D eigenvalue weighted by atomic mass is 9.95. The van der Waals surface area contributed by atoms with Gasteiger partial charge in [0.2, 0.25) is 6.79 Å². The third-order valence-electron chi connectivity index (χ3n) is 3.75. The summed E-state index contributed by atoms with van der Waals surface area (Å²) in [5.74, 6) is 6.35. The predicted molar refractivity (Wildman–Crippen MR) is 79.2 cm³/mol. The number of ether oxygens (including phenoxy) is 3. The minimum Gasteiger partial charge on any atom is -0.463 e. The molecule has 2 aliphatic heterocycles. The number of hydrogen-bond acceptors (Lipinski definition) is 6. The van der Waals surface area contributed by atoms with Gasteiger partial charge in [0.05, 0.1) is 18.2 Å². The number of hydrazine groups is 1. The Labute approximate surface area is 132 Å². The number of carbonyl (C=O) groups is 2. The summed E-state index contributed by atoms with van der Waals surface area (Å²) in [4.78, 5) is 24.3. The highest BCUT2D eigenvalue weighted by Gasteiger charge is 2.36. The van der Waals surface area contributed by atoms with Gasteiger partial charge in [0.1, 0.15) is 0 Å². The highest BCUT2D eigenvalue weighted by atomic mass is 16.7. The smallest absolute Gasteiger partial charge is 0.338 e. The number of benzene rings is 1. The van der Waals surface area contributed by atoms with Crippen molar-refractivity contribution in [2.75, 3.05) is 13.4 Å². The van der Waals surface area contributed by atoms with E-state index >= 15 is 0 Å². The van der Waals surface area contributed by atoms with Gasteiger partial charge in [-0.25, -0.2) is 20.4 Å². The second-order valence-electron chi connectivity index (χ2n) is 5.08. The van der Waals surface area contributed by atoms with Crippen LogP contribution in [0.25, 0.3) is 0 Å². The molecule has 0 spiro atoms. The molecular weight excluding hydrogens is 302 g/mol. The summed E-state index contributed by atoms with van der Waals surface area (Å²) in [6.45, 7) is 3.68. The van der Waals surface area contributed by atoms with Crippen molar-refractivity contribution in [3.8, 4) is 11.5 Å². The van der Waals surface area contributed by atoms with Crippen LogP contribution in [0.2, 0.25) is 0 Å². The van der Waals surface area contributed by atoms with E-state index in [1.54, 1.807) is 32.0 Å². The van der Waals surface area contributed by atoms with Gasteiger partial charge in [-0.05, 0) is 31.5 Å². The van der Waals surface area contributed by atoms with Crippen molar-refractivity contribution in [3.05, 3.63) is 35.0 Å². The number of rotatable bonds is 3. The van der Waals surface area contributed by atoms with E-state index < -0.39 is 18.0 Å². The zero-order valence-corrected chi connectivity index (χ0v) is 12.8. The number of carbonyl (C=O) groups excluding carboxylic acids is 2. The SMILES string of the molecule is CCOC(=O)C1=C(C)N(N)C(=O)N[C@@H]1c1ccc2c(c1)OCO2. The van der Waals surface area contributed by atoms with Crippen molar-refractivity contribution in [3.63, 3.8) is 0 Å². The average Bonchev–Trinajstić information content (AvgIpc) is 2.99. The quantitative estimate of drug-likeness (QED) is 0.493. The molecule has 1 aromatic rings. The molecule has 0 aromatic heterocycles.